The van der Waals surface area contributed by atoms with Crippen LogP contribution >= 0.6 is 0 Å². The van der Waals surface area contributed by atoms with E-state index in [1.165, 1.54) is 0 Å². The van der Waals surface area contributed by atoms with Crippen LogP contribution in [0.25, 0.3) is 11.3 Å². The van der Waals surface area contributed by atoms with Crippen molar-refractivity contribution < 1.29 is 14.1 Å². The van der Waals surface area contributed by atoms with Crippen molar-refractivity contribution in [1.82, 2.24) is 20.8 Å². The van der Waals surface area contributed by atoms with Crippen LogP contribution < -0.4 is 10.6 Å². The van der Waals surface area contributed by atoms with Crippen molar-refractivity contribution >= 4 is 11.8 Å². The van der Waals surface area contributed by atoms with E-state index >= 15 is 0 Å². The zero-order valence-corrected chi connectivity index (χ0v) is 17.5. The van der Waals surface area contributed by atoms with Gasteiger partial charge < -0.3 is 15.2 Å². The Labute approximate surface area is 185 Å². The molecule has 0 saturated heterocycles. The molecular weight excluding hydrogens is 404 g/mol. The summed E-state index contributed by atoms with van der Waals surface area (Å²) >= 11 is 0. The number of nitrogens with zero attached hydrogens (tertiary/aromatic N) is 2. The number of hydrogen-bond donors (Lipinski definition) is 2. The van der Waals surface area contributed by atoms with Crippen molar-refractivity contribution in [1.29, 1.82) is 0 Å². The van der Waals surface area contributed by atoms with Crippen LogP contribution in [0.2, 0.25) is 0 Å². The van der Waals surface area contributed by atoms with E-state index in [4.69, 9.17) is 4.52 Å². The minimum absolute atomic E-state index is 0.0987. The number of hydrogen-bond acceptors (Lipinski definition) is 5. The maximum atomic E-state index is 13.0. The molecule has 0 aliphatic heterocycles. The normalized spacial score (nSPS) is 11.5. The predicted molar refractivity (Wildman–Crippen MR) is 119 cm³/mol. The smallest absolute Gasteiger partial charge is 0.274 e. The highest BCUT2D eigenvalue weighted by Gasteiger charge is 2.25. The van der Waals surface area contributed by atoms with Crippen LogP contribution in [0.15, 0.2) is 89.7 Å². The van der Waals surface area contributed by atoms with Crippen LogP contribution in [0, 0.1) is 6.92 Å². The molecule has 0 aliphatic carbocycles. The van der Waals surface area contributed by atoms with Crippen molar-refractivity contribution in [2.75, 3.05) is 0 Å². The van der Waals surface area contributed by atoms with E-state index in [0.29, 0.717) is 17.9 Å². The topological polar surface area (TPSA) is 97.1 Å². The third kappa shape index (κ3) is 5.07. The summed E-state index contributed by atoms with van der Waals surface area (Å²) in [6.45, 7) is 2.29. The Bertz CT molecular complexity index is 1190. The third-order valence-corrected chi connectivity index (χ3v) is 4.94. The Balaban J connectivity index is 1.50. The van der Waals surface area contributed by atoms with E-state index in [1.54, 1.807) is 36.7 Å². The quantitative estimate of drug-likeness (QED) is 0.468. The number of aryl methyl sites for hydroxylation is 1. The number of pyridine rings is 1. The van der Waals surface area contributed by atoms with Crippen LogP contribution in [0.1, 0.15) is 33.2 Å². The first-order valence-corrected chi connectivity index (χ1v) is 10.2. The van der Waals surface area contributed by atoms with Gasteiger partial charge in [0.05, 0.1) is 0 Å². The van der Waals surface area contributed by atoms with Gasteiger partial charge in [-0.15, -0.1) is 0 Å². The second kappa shape index (κ2) is 9.70. The fourth-order valence-corrected chi connectivity index (χ4v) is 3.18. The van der Waals surface area contributed by atoms with E-state index < -0.39 is 11.9 Å². The highest BCUT2D eigenvalue weighted by Crippen LogP contribution is 2.21. The Morgan fingerprint density at radius 3 is 2.50 bits per heavy atom. The van der Waals surface area contributed by atoms with Gasteiger partial charge in [0.2, 0.25) is 5.91 Å². The number of carbonyl (C=O) groups excluding carboxylic acids is 2. The lowest BCUT2D eigenvalue weighted by Gasteiger charge is -2.18. The number of rotatable bonds is 7. The average molecular weight is 426 g/mol. The summed E-state index contributed by atoms with van der Waals surface area (Å²) in [6, 6.07) is 21.1. The van der Waals surface area contributed by atoms with E-state index in [2.05, 4.69) is 20.8 Å². The van der Waals surface area contributed by atoms with Crippen molar-refractivity contribution in [2.45, 2.75) is 19.5 Å². The average Bonchev–Trinajstić information content (AvgIpc) is 3.33. The van der Waals surface area contributed by atoms with Gasteiger partial charge >= 0.3 is 0 Å². The van der Waals surface area contributed by atoms with Crippen LogP contribution in [0.5, 0.6) is 0 Å². The lowest BCUT2D eigenvalue weighted by Crippen LogP contribution is -2.40. The number of carbonyl (C=O) groups is 2. The minimum atomic E-state index is -0.889. The molecule has 0 spiro atoms. The van der Waals surface area contributed by atoms with Gasteiger partial charge in [-0.1, -0.05) is 71.4 Å². The molecule has 1 atom stereocenters. The molecule has 0 saturated carbocycles. The first-order valence-electron chi connectivity index (χ1n) is 10.2. The molecule has 4 rings (SSSR count). The Kier molecular flexibility index (Phi) is 6.36. The molecule has 2 N–H and O–H groups in total. The largest absolute Gasteiger partial charge is 0.355 e. The standard InChI is InChI=1S/C25H22N4O3/c1-17-9-11-19(12-10-17)22-14-21(29-32-22)24(30)28-23(20-7-3-2-4-8-20)25(31)27-16-18-6-5-13-26-15-18/h2-15,23H,16H2,1H3,(H,27,31)(H,28,30). The molecule has 7 nitrogen and oxygen atoms in total. The highest BCUT2D eigenvalue weighted by atomic mass is 16.5. The highest BCUT2D eigenvalue weighted by molar-refractivity contribution is 5.97. The van der Waals surface area contributed by atoms with Gasteiger partial charge in [-0.3, -0.25) is 14.6 Å². The van der Waals surface area contributed by atoms with Gasteiger partial charge in [-0.25, -0.2) is 0 Å². The van der Waals surface area contributed by atoms with E-state index in [1.807, 2.05) is 55.5 Å². The fourth-order valence-electron chi connectivity index (χ4n) is 3.18. The number of nitrogens with one attached hydrogen (secondary N) is 2. The summed E-state index contributed by atoms with van der Waals surface area (Å²) in [4.78, 5) is 29.9. The zero-order valence-electron chi connectivity index (χ0n) is 17.5. The SMILES string of the molecule is Cc1ccc(-c2cc(C(=O)NC(C(=O)NCc3cccnc3)c3ccccc3)no2)cc1. The Hall–Kier alpha value is -4.26. The summed E-state index contributed by atoms with van der Waals surface area (Å²) in [5.41, 5.74) is 3.55. The summed E-state index contributed by atoms with van der Waals surface area (Å²) in [6.07, 6.45) is 3.35. The first-order chi connectivity index (χ1) is 15.6. The molecule has 0 bridgehead atoms. The van der Waals surface area contributed by atoms with Gasteiger partial charge in [0, 0.05) is 30.6 Å². The lowest BCUT2D eigenvalue weighted by atomic mass is 10.1. The van der Waals surface area contributed by atoms with Crippen LogP contribution in [0.4, 0.5) is 0 Å². The van der Waals surface area contributed by atoms with Gasteiger partial charge in [0.25, 0.3) is 5.91 Å². The molecule has 32 heavy (non-hydrogen) atoms. The molecule has 2 aromatic heterocycles. The molecule has 2 amide bonds. The maximum absolute atomic E-state index is 13.0. The third-order valence-electron chi connectivity index (χ3n) is 4.94. The minimum Gasteiger partial charge on any atom is -0.355 e. The maximum Gasteiger partial charge on any atom is 0.274 e. The molecule has 1 unspecified atom stereocenters. The van der Waals surface area contributed by atoms with Gasteiger partial charge in [0.15, 0.2) is 11.5 Å². The fraction of sp³-hybridized carbons (Fsp3) is 0.120. The Morgan fingerprint density at radius 2 is 1.78 bits per heavy atom. The molecule has 2 aromatic carbocycles. The van der Waals surface area contributed by atoms with Gasteiger partial charge in [-0.2, -0.15) is 0 Å². The van der Waals surface area contributed by atoms with Crippen molar-refractivity contribution in [3.05, 3.63) is 108 Å². The van der Waals surface area contributed by atoms with Crippen molar-refractivity contribution in [2.24, 2.45) is 0 Å². The number of amides is 2. The monoisotopic (exact) mass is 426 g/mol. The molecule has 2 heterocycles. The van der Waals surface area contributed by atoms with Crippen LogP contribution in [-0.4, -0.2) is 22.0 Å². The molecule has 0 radical (unpaired) electrons. The second-order valence-electron chi connectivity index (χ2n) is 7.34. The number of aromatic nitrogens is 2. The molecule has 160 valence electrons. The number of benzene rings is 2. The van der Waals surface area contributed by atoms with E-state index in [9.17, 15) is 9.59 Å². The molecule has 4 aromatic rings. The lowest BCUT2D eigenvalue weighted by molar-refractivity contribution is -0.123. The summed E-state index contributed by atoms with van der Waals surface area (Å²) in [5.74, 6) is -0.361. The van der Waals surface area contributed by atoms with Crippen molar-refractivity contribution in [3.8, 4) is 11.3 Å². The van der Waals surface area contributed by atoms with E-state index in [0.717, 1.165) is 16.7 Å². The zero-order chi connectivity index (χ0) is 22.3. The molecular formula is C25H22N4O3. The van der Waals surface area contributed by atoms with Crippen molar-refractivity contribution in [3.63, 3.8) is 0 Å². The summed E-state index contributed by atoms with van der Waals surface area (Å²) in [7, 11) is 0. The summed E-state index contributed by atoms with van der Waals surface area (Å²) in [5, 5.41) is 9.51. The van der Waals surface area contributed by atoms with E-state index in [-0.39, 0.29) is 11.6 Å². The van der Waals surface area contributed by atoms with Crippen LogP contribution in [0.3, 0.4) is 0 Å². The van der Waals surface area contributed by atoms with Gasteiger partial charge in [-0.05, 0) is 24.1 Å². The Morgan fingerprint density at radius 1 is 1.00 bits per heavy atom. The summed E-state index contributed by atoms with van der Waals surface area (Å²) < 4.78 is 5.35. The molecule has 0 fully saturated rings. The molecule has 0 aliphatic rings. The molecule has 7 heteroatoms. The first kappa shape index (κ1) is 21.0. The van der Waals surface area contributed by atoms with Crippen LogP contribution in [-0.2, 0) is 11.3 Å². The van der Waals surface area contributed by atoms with Gasteiger partial charge in [0.1, 0.15) is 6.04 Å². The second-order valence-corrected chi connectivity index (χ2v) is 7.34. The predicted octanol–water partition coefficient (Wildman–Crippen LogP) is 3.83.